The molecule has 0 amide bonds. The number of para-hydroxylation sites is 2. The molecule has 0 radical (unpaired) electrons. The summed E-state index contributed by atoms with van der Waals surface area (Å²) in [6, 6.07) is 10.4. The van der Waals surface area contributed by atoms with Crippen molar-refractivity contribution in [3.63, 3.8) is 0 Å². The first kappa shape index (κ1) is 10.3. The molecule has 2 rings (SSSR count). The number of anilines is 2. The summed E-state index contributed by atoms with van der Waals surface area (Å²) in [7, 11) is 0. The van der Waals surface area contributed by atoms with Crippen molar-refractivity contribution in [1.29, 1.82) is 0 Å². The molecule has 4 N–H and O–H groups in total. The average Bonchev–Trinajstić information content (AvgIpc) is 2.19. The van der Waals surface area contributed by atoms with Crippen molar-refractivity contribution in [2.24, 2.45) is 0 Å². The van der Waals surface area contributed by atoms with Crippen LogP contribution in [0.5, 0.6) is 0 Å². The Morgan fingerprint density at radius 1 is 1.12 bits per heavy atom. The quantitative estimate of drug-likeness (QED) is 0.704. The highest BCUT2D eigenvalue weighted by atomic mass is 16.1. The van der Waals surface area contributed by atoms with E-state index >= 15 is 0 Å². The number of hydrogen-bond acceptors (Lipinski definition) is 3. The molecule has 16 heavy (non-hydrogen) atoms. The van der Waals surface area contributed by atoms with Crippen LogP contribution in [0.15, 0.2) is 41.2 Å². The van der Waals surface area contributed by atoms with Crippen molar-refractivity contribution in [2.75, 3.05) is 11.5 Å². The van der Waals surface area contributed by atoms with E-state index in [-0.39, 0.29) is 5.56 Å². The molecule has 0 fully saturated rings. The number of aromatic nitrogens is 1. The topological polar surface area (TPSA) is 74.0 Å². The number of rotatable bonds is 1. The Balaban J connectivity index is 2.75. The molecule has 0 atom stereocenters. The molecule has 0 saturated carbocycles. The number of nitrogen functional groups attached to an aromatic ring is 2. The van der Waals surface area contributed by atoms with E-state index in [0.29, 0.717) is 17.2 Å². The molecule has 0 spiro atoms. The molecule has 82 valence electrons. The number of aryl methyl sites for hydroxylation is 1. The maximum atomic E-state index is 11.8. The Bertz CT molecular complexity index is 587. The molecule has 1 heterocycles. The molecule has 1 aromatic carbocycles. The Morgan fingerprint density at radius 3 is 2.44 bits per heavy atom. The molecule has 4 nitrogen and oxygen atoms in total. The van der Waals surface area contributed by atoms with E-state index in [4.69, 9.17) is 11.5 Å². The molecule has 0 unspecified atom stereocenters. The summed E-state index contributed by atoms with van der Waals surface area (Å²) >= 11 is 0. The lowest BCUT2D eigenvalue weighted by Gasteiger charge is -2.11. The lowest BCUT2D eigenvalue weighted by atomic mass is 10.2. The third-order valence-corrected chi connectivity index (χ3v) is 2.38. The van der Waals surface area contributed by atoms with Gasteiger partial charge < -0.3 is 11.5 Å². The fourth-order valence-corrected chi connectivity index (χ4v) is 1.68. The van der Waals surface area contributed by atoms with E-state index in [1.807, 2.05) is 19.1 Å². The third kappa shape index (κ3) is 1.65. The van der Waals surface area contributed by atoms with Gasteiger partial charge in [0, 0.05) is 6.07 Å². The number of benzene rings is 1. The van der Waals surface area contributed by atoms with Gasteiger partial charge in [0.2, 0.25) is 0 Å². The zero-order valence-corrected chi connectivity index (χ0v) is 8.97. The van der Waals surface area contributed by atoms with E-state index < -0.39 is 0 Å². The molecular formula is C12H13N3O. The summed E-state index contributed by atoms with van der Waals surface area (Å²) in [5.41, 5.74) is 13.5. The minimum absolute atomic E-state index is 0.171. The average molecular weight is 215 g/mol. The van der Waals surface area contributed by atoms with Crippen LogP contribution in [0, 0.1) is 6.92 Å². The van der Waals surface area contributed by atoms with Crippen molar-refractivity contribution in [2.45, 2.75) is 6.92 Å². The van der Waals surface area contributed by atoms with Crippen LogP contribution in [0.3, 0.4) is 0 Å². The van der Waals surface area contributed by atoms with Gasteiger partial charge in [-0.25, -0.2) is 0 Å². The predicted octanol–water partition coefficient (Wildman–Crippen LogP) is 1.31. The molecule has 2 aromatic rings. The summed E-state index contributed by atoms with van der Waals surface area (Å²) in [4.78, 5) is 11.8. The highest BCUT2D eigenvalue weighted by molar-refractivity contribution is 5.60. The van der Waals surface area contributed by atoms with Gasteiger partial charge in [0.1, 0.15) is 5.82 Å². The van der Waals surface area contributed by atoms with Crippen LogP contribution in [0.4, 0.5) is 11.5 Å². The minimum Gasteiger partial charge on any atom is -0.397 e. The fourth-order valence-electron chi connectivity index (χ4n) is 1.68. The van der Waals surface area contributed by atoms with Gasteiger partial charge in [-0.15, -0.1) is 0 Å². The monoisotopic (exact) mass is 215 g/mol. The molecule has 0 saturated heterocycles. The summed E-state index contributed by atoms with van der Waals surface area (Å²) in [5, 5.41) is 0. The lowest BCUT2D eigenvalue weighted by molar-refractivity contribution is 0.999. The first-order valence-corrected chi connectivity index (χ1v) is 4.93. The van der Waals surface area contributed by atoms with Crippen LogP contribution in [0.2, 0.25) is 0 Å². The SMILES string of the molecule is Cc1cc(N)n(-c2ccccc2N)c(=O)c1. The number of nitrogens with zero attached hydrogens (tertiary/aromatic N) is 1. The van der Waals surface area contributed by atoms with Crippen LogP contribution in [0.25, 0.3) is 5.69 Å². The Labute approximate surface area is 93.1 Å². The Hall–Kier alpha value is -2.23. The van der Waals surface area contributed by atoms with E-state index in [9.17, 15) is 4.79 Å². The molecule has 0 aliphatic rings. The predicted molar refractivity (Wildman–Crippen MR) is 65.6 cm³/mol. The summed E-state index contributed by atoms with van der Waals surface area (Å²) in [5.74, 6) is 0.392. The van der Waals surface area contributed by atoms with Gasteiger partial charge in [0.25, 0.3) is 5.56 Å². The van der Waals surface area contributed by atoms with E-state index in [0.717, 1.165) is 5.56 Å². The van der Waals surface area contributed by atoms with Gasteiger partial charge in [-0.2, -0.15) is 0 Å². The largest absolute Gasteiger partial charge is 0.397 e. The molecule has 0 aliphatic carbocycles. The van der Waals surface area contributed by atoms with Gasteiger partial charge in [0.05, 0.1) is 11.4 Å². The molecule has 1 aromatic heterocycles. The van der Waals surface area contributed by atoms with E-state index in [2.05, 4.69) is 0 Å². The molecular weight excluding hydrogens is 202 g/mol. The molecule has 0 bridgehead atoms. The number of nitrogens with two attached hydrogens (primary N) is 2. The lowest BCUT2D eigenvalue weighted by Crippen LogP contribution is -2.21. The third-order valence-electron chi connectivity index (χ3n) is 2.38. The highest BCUT2D eigenvalue weighted by Gasteiger charge is 2.06. The van der Waals surface area contributed by atoms with Crippen LogP contribution >= 0.6 is 0 Å². The van der Waals surface area contributed by atoms with Crippen LogP contribution in [0.1, 0.15) is 5.56 Å². The first-order chi connectivity index (χ1) is 7.59. The molecule has 0 aliphatic heterocycles. The van der Waals surface area contributed by atoms with Gasteiger partial charge >= 0.3 is 0 Å². The summed E-state index contributed by atoms with van der Waals surface area (Å²) in [6.45, 7) is 1.83. The number of hydrogen-bond donors (Lipinski definition) is 2. The van der Waals surface area contributed by atoms with E-state index in [1.165, 1.54) is 10.6 Å². The van der Waals surface area contributed by atoms with Gasteiger partial charge in [-0.1, -0.05) is 12.1 Å². The van der Waals surface area contributed by atoms with Gasteiger partial charge in [-0.05, 0) is 30.7 Å². The van der Waals surface area contributed by atoms with Crippen molar-refractivity contribution in [3.8, 4) is 5.69 Å². The Morgan fingerprint density at radius 2 is 1.81 bits per heavy atom. The highest BCUT2D eigenvalue weighted by Crippen LogP contribution is 2.17. The van der Waals surface area contributed by atoms with Crippen LogP contribution < -0.4 is 17.0 Å². The number of pyridine rings is 1. The van der Waals surface area contributed by atoms with Gasteiger partial charge in [-0.3, -0.25) is 9.36 Å². The summed E-state index contributed by atoms with van der Waals surface area (Å²) < 4.78 is 1.41. The maximum Gasteiger partial charge on any atom is 0.256 e. The van der Waals surface area contributed by atoms with Crippen molar-refractivity contribution >= 4 is 11.5 Å². The van der Waals surface area contributed by atoms with Crippen molar-refractivity contribution in [1.82, 2.24) is 4.57 Å². The zero-order valence-electron chi connectivity index (χ0n) is 8.97. The minimum atomic E-state index is -0.171. The fraction of sp³-hybridized carbons (Fsp3) is 0.0833. The maximum absolute atomic E-state index is 11.8. The Kier molecular flexibility index (Phi) is 2.40. The second kappa shape index (κ2) is 3.73. The van der Waals surface area contributed by atoms with Crippen LogP contribution in [-0.2, 0) is 0 Å². The van der Waals surface area contributed by atoms with Crippen molar-refractivity contribution in [3.05, 3.63) is 52.3 Å². The van der Waals surface area contributed by atoms with Gasteiger partial charge in [0.15, 0.2) is 0 Å². The van der Waals surface area contributed by atoms with Crippen LogP contribution in [-0.4, -0.2) is 4.57 Å². The first-order valence-electron chi connectivity index (χ1n) is 4.93. The normalized spacial score (nSPS) is 10.3. The smallest absolute Gasteiger partial charge is 0.256 e. The van der Waals surface area contributed by atoms with Crippen molar-refractivity contribution < 1.29 is 0 Å². The second-order valence-electron chi connectivity index (χ2n) is 3.69. The standard InChI is InChI=1S/C12H13N3O/c1-8-6-11(14)15(12(16)7-8)10-5-3-2-4-9(10)13/h2-7H,13-14H2,1H3. The van der Waals surface area contributed by atoms with E-state index in [1.54, 1.807) is 18.2 Å². The second-order valence-corrected chi connectivity index (χ2v) is 3.69. The zero-order chi connectivity index (χ0) is 11.7. The molecule has 4 heteroatoms. The summed E-state index contributed by atoms with van der Waals surface area (Å²) in [6.07, 6.45) is 0.